The third kappa shape index (κ3) is 6.33. The molecular formula is C17H23N3O2S2. The van der Waals surface area contributed by atoms with Crippen LogP contribution < -0.4 is 10.6 Å². The van der Waals surface area contributed by atoms with E-state index in [0.717, 1.165) is 23.6 Å². The van der Waals surface area contributed by atoms with Crippen molar-refractivity contribution in [1.29, 1.82) is 0 Å². The van der Waals surface area contributed by atoms with E-state index in [1.54, 1.807) is 18.4 Å². The van der Waals surface area contributed by atoms with Crippen LogP contribution in [0.3, 0.4) is 0 Å². The van der Waals surface area contributed by atoms with E-state index in [1.807, 2.05) is 24.3 Å². The first-order valence-electron chi connectivity index (χ1n) is 7.61. The van der Waals surface area contributed by atoms with Gasteiger partial charge in [0, 0.05) is 29.6 Å². The number of aryl methyl sites for hydroxylation is 1. The van der Waals surface area contributed by atoms with Gasteiger partial charge in [0.05, 0.1) is 12.3 Å². The molecule has 0 atom stereocenters. The minimum atomic E-state index is -3.00. The molecule has 2 rings (SSSR count). The standard InChI is InChI=1S/C17H23N3O2S2/c1-13-4-9-16(23-13)11-20-17(18-2)19-10-14-5-7-15(8-6-14)12-24(3,21)22/h4-9H,10-12H2,1-3H3,(H2,18,19,20). The quantitative estimate of drug-likeness (QED) is 0.609. The van der Waals surface area contributed by atoms with Crippen molar-refractivity contribution < 1.29 is 8.42 Å². The van der Waals surface area contributed by atoms with Gasteiger partial charge in [-0.25, -0.2) is 8.42 Å². The maximum Gasteiger partial charge on any atom is 0.191 e. The summed E-state index contributed by atoms with van der Waals surface area (Å²) in [7, 11) is -1.26. The van der Waals surface area contributed by atoms with Gasteiger partial charge >= 0.3 is 0 Å². The predicted molar refractivity (Wildman–Crippen MR) is 101 cm³/mol. The Morgan fingerprint density at radius 1 is 1.04 bits per heavy atom. The summed E-state index contributed by atoms with van der Waals surface area (Å²) in [6.45, 7) is 3.46. The van der Waals surface area contributed by atoms with Gasteiger partial charge in [-0.1, -0.05) is 24.3 Å². The molecule has 0 spiro atoms. The molecule has 2 aromatic rings. The Morgan fingerprint density at radius 3 is 2.21 bits per heavy atom. The summed E-state index contributed by atoms with van der Waals surface area (Å²) in [5.41, 5.74) is 1.87. The minimum absolute atomic E-state index is 0.0736. The van der Waals surface area contributed by atoms with Crippen molar-refractivity contribution >= 4 is 27.1 Å². The lowest BCUT2D eigenvalue weighted by atomic mass is 10.1. The second-order valence-electron chi connectivity index (χ2n) is 5.68. The molecular weight excluding hydrogens is 342 g/mol. The van der Waals surface area contributed by atoms with E-state index in [1.165, 1.54) is 16.0 Å². The third-order valence-corrected chi connectivity index (χ3v) is 5.22. The van der Waals surface area contributed by atoms with Gasteiger partial charge in [-0.05, 0) is 30.2 Å². The highest BCUT2D eigenvalue weighted by atomic mass is 32.2. The zero-order chi connectivity index (χ0) is 17.6. The highest BCUT2D eigenvalue weighted by Gasteiger charge is 2.05. The van der Waals surface area contributed by atoms with Crippen LogP contribution in [0, 0.1) is 6.92 Å². The molecule has 0 aliphatic rings. The molecule has 1 aromatic heterocycles. The average molecular weight is 366 g/mol. The van der Waals surface area contributed by atoms with Crippen molar-refractivity contribution in [2.45, 2.75) is 25.8 Å². The number of guanidine groups is 1. The number of thiophene rings is 1. The second kappa shape index (κ2) is 8.30. The van der Waals surface area contributed by atoms with Crippen molar-refractivity contribution in [3.05, 3.63) is 57.3 Å². The molecule has 24 heavy (non-hydrogen) atoms. The number of rotatable bonds is 6. The average Bonchev–Trinajstić information content (AvgIpc) is 2.93. The molecule has 7 heteroatoms. The maximum atomic E-state index is 11.3. The summed E-state index contributed by atoms with van der Waals surface area (Å²) >= 11 is 1.77. The van der Waals surface area contributed by atoms with Crippen LogP contribution in [0.5, 0.6) is 0 Å². The van der Waals surface area contributed by atoms with Crippen LogP contribution >= 0.6 is 11.3 Å². The first-order valence-corrected chi connectivity index (χ1v) is 10.5. The van der Waals surface area contributed by atoms with E-state index in [-0.39, 0.29) is 5.75 Å². The fourth-order valence-electron chi connectivity index (χ4n) is 2.21. The van der Waals surface area contributed by atoms with Crippen LogP contribution in [0.2, 0.25) is 0 Å². The van der Waals surface area contributed by atoms with E-state index >= 15 is 0 Å². The van der Waals surface area contributed by atoms with Crippen LogP contribution in [0.25, 0.3) is 0 Å². The van der Waals surface area contributed by atoms with E-state index in [0.29, 0.717) is 6.54 Å². The van der Waals surface area contributed by atoms with Crippen molar-refractivity contribution in [3.63, 3.8) is 0 Å². The number of hydrogen-bond donors (Lipinski definition) is 2. The summed E-state index contributed by atoms with van der Waals surface area (Å²) in [5.74, 6) is 0.811. The molecule has 5 nitrogen and oxygen atoms in total. The number of nitrogens with one attached hydrogen (secondary N) is 2. The smallest absolute Gasteiger partial charge is 0.191 e. The second-order valence-corrected chi connectivity index (χ2v) is 9.19. The van der Waals surface area contributed by atoms with Crippen LogP contribution in [0.15, 0.2) is 41.4 Å². The largest absolute Gasteiger partial charge is 0.352 e. The van der Waals surface area contributed by atoms with Crippen LogP contribution in [-0.4, -0.2) is 27.7 Å². The molecule has 0 saturated carbocycles. The monoisotopic (exact) mass is 365 g/mol. The van der Waals surface area contributed by atoms with Crippen molar-refractivity contribution in [1.82, 2.24) is 10.6 Å². The Kier molecular flexibility index (Phi) is 6.39. The maximum absolute atomic E-state index is 11.3. The third-order valence-electron chi connectivity index (χ3n) is 3.36. The molecule has 0 radical (unpaired) electrons. The SMILES string of the molecule is CN=C(NCc1ccc(CS(C)(=O)=O)cc1)NCc1ccc(C)s1. The van der Waals surface area contributed by atoms with Crippen LogP contribution in [0.1, 0.15) is 20.9 Å². The summed E-state index contributed by atoms with van der Waals surface area (Å²) < 4.78 is 22.6. The van der Waals surface area contributed by atoms with Gasteiger partial charge in [0.15, 0.2) is 15.8 Å². The fraction of sp³-hybridized carbons (Fsp3) is 0.353. The van der Waals surface area contributed by atoms with Gasteiger partial charge in [-0.2, -0.15) is 0 Å². The Balaban J connectivity index is 1.84. The van der Waals surface area contributed by atoms with Gasteiger partial charge in [0.1, 0.15) is 0 Å². The van der Waals surface area contributed by atoms with Gasteiger partial charge in [0.25, 0.3) is 0 Å². The molecule has 1 heterocycles. The van der Waals surface area contributed by atoms with Gasteiger partial charge in [0.2, 0.25) is 0 Å². The van der Waals surface area contributed by atoms with Crippen LogP contribution in [-0.2, 0) is 28.7 Å². The zero-order valence-electron chi connectivity index (χ0n) is 14.2. The van der Waals surface area contributed by atoms with E-state index in [2.05, 4.69) is 34.7 Å². The number of hydrogen-bond acceptors (Lipinski definition) is 4. The Hall–Kier alpha value is -1.86. The molecule has 0 aliphatic heterocycles. The summed E-state index contributed by atoms with van der Waals surface area (Å²) in [5, 5.41) is 6.54. The first-order chi connectivity index (χ1) is 11.4. The van der Waals surface area contributed by atoms with E-state index < -0.39 is 9.84 Å². The van der Waals surface area contributed by atoms with Crippen molar-refractivity contribution in [3.8, 4) is 0 Å². The summed E-state index contributed by atoms with van der Waals surface area (Å²) in [6.07, 6.45) is 1.24. The van der Waals surface area contributed by atoms with Gasteiger partial charge in [-0.15, -0.1) is 11.3 Å². The normalized spacial score (nSPS) is 12.2. The molecule has 0 bridgehead atoms. The summed E-state index contributed by atoms with van der Waals surface area (Å²) in [6, 6.07) is 11.8. The Bertz CT molecular complexity index is 793. The van der Waals surface area contributed by atoms with E-state index in [4.69, 9.17) is 0 Å². The lowest BCUT2D eigenvalue weighted by Crippen LogP contribution is -2.36. The lowest BCUT2D eigenvalue weighted by molar-refractivity contribution is 0.601. The topological polar surface area (TPSA) is 70.6 Å². The number of aliphatic imine (C=N–C) groups is 1. The Morgan fingerprint density at radius 2 is 1.67 bits per heavy atom. The van der Waals surface area contributed by atoms with E-state index in [9.17, 15) is 8.42 Å². The summed E-state index contributed by atoms with van der Waals surface area (Å²) in [4.78, 5) is 6.77. The number of sulfone groups is 1. The number of benzene rings is 1. The molecule has 0 saturated heterocycles. The first kappa shape index (κ1) is 18.5. The highest BCUT2D eigenvalue weighted by molar-refractivity contribution is 7.89. The molecule has 0 fully saturated rings. The molecule has 0 aliphatic carbocycles. The number of nitrogens with zero attached hydrogens (tertiary/aromatic N) is 1. The van der Waals surface area contributed by atoms with Crippen molar-refractivity contribution in [2.24, 2.45) is 4.99 Å². The fourth-order valence-corrected chi connectivity index (χ4v) is 3.84. The molecule has 2 N–H and O–H groups in total. The van der Waals surface area contributed by atoms with Crippen molar-refractivity contribution in [2.75, 3.05) is 13.3 Å². The molecule has 0 unspecified atom stereocenters. The molecule has 1 aromatic carbocycles. The highest BCUT2D eigenvalue weighted by Crippen LogP contribution is 2.14. The minimum Gasteiger partial charge on any atom is -0.352 e. The van der Waals surface area contributed by atoms with Gasteiger partial charge < -0.3 is 10.6 Å². The van der Waals surface area contributed by atoms with Crippen LogP contribution in [0.4, 0.5) is 0 Å². The molecule has 130 valence electrons. The molecule has 0 amide bonds. The zero-order valence-corrected chi connectivity index (χ0v) is 15.8. The lowest BCUT2D eigenvalue weighted by Gasteiger charge is -2.11. The predicted octanol–water partition coefficient (Wildman–Crippen LogP) is 2.47. The Labute approximate surface area is 147 Å². The van der Waals surface area contributed by atoms with Gasteiger partial charge in [-0.3, -0.25) is 4.99 Å².